The van der Waals surface area contributed by atoms with Crippen LogP contribution >= 0.6 is 0 Å². The monoisotopic (exact) mass is 495 g/mol. The number of hydrogen-bond donors (Lipinski definition) is 0. The fraction of sp³-hybridized carbons (Fsp3) is 0.455. The van der Waals surface area contributed by atoms with E-state index < -0.39 is 0 Å². The summed E-state index contributed by atoms with van der Waals surface area (Å²) < 4.78 is 25.9. The van der Waals surface area contributed by atoms with Gasteiger partial charge in [-0.05, 0) is 0 Å². The molecule has 150 valence electrons. The van der Waals surface area contributed by atoms with E-state index in [1.54, 1.807) is 0 Å². The highest BCUT2D eigenvalue weighted by Gasteiger charge is 2.62. The predicted molar refractivity (Wildman–Crippen MR) is 99.7 cm³/mol. The molecule has 3 heterocycles. The predicted octanol–water partition coefficient (Wildman–Crippen LogP) is 0.0460. The smallest absolute Gasteiger partial charge is 0.184 e. The Morgan fingerprint density at radius 1 is 0.679 bits per heavy atom. The first-order chi connectivity index (χ1) is 13.1. The number of hydrogen-bond acceptors (Lipinski definition) is 4. The van der Waals surface area contributed by atoms with Crippen molar-refractivity contribution in [2.24, 2.45) is 0 Å². The Bertz CT molecular complexity index is 722. The lowest BCUT2D eigenvalue weighted by molar-refractivity contribution is -0.932. The summed E-state index contributed by atoms with van der Waals surface area (Å²) in [7, 11) is 4.46. The molecule has 3 aliphatic rings. The molecule has 5 nitrogen and oxygen atoms in total. The Kier molecular flexibility index (Phi) is 5.79. The van der Waals surface area contributed by atoms with Gasteiger partial charge in [-0.1, -0.05) is 60.7 Å². The van der Waals surface area contributed by atoms with Crippen molar-refractivity contribution in [1.29, 1.82) is 0 Å². The van der Waals surface area contributed by atoms with E-state index in [-0.39, 0.29) is 60.8 Å². The van der Waals surface area contributed by atoms with Crippen molar-refractivity contribution in [3.63, 3.8) is 0 Å². The number of halogens is 1. The number of ether oxygens (including phenoxy) is 4. The van der Waals surface area contributed by atoms with Gasteiger partial charge in [0.05, 0.1) is 14.1 Å². The van der Waals surface area contributed by atoms with Crippen molar-refractivity contribution in [3.05, 3.63) is 71.8 Å². The molecule has 2 aromatic rings. The third kappa shape index (κ3) is 3.40. The van der Waals surface area contributed by atoms with Gasteiger partial charge >= 0.3 is 0 Å². The van der Waals surface area contributed by atoms with Crippen LogP contribution in [-0.4, -0.2) is 56.1 Å². The van der Waals surface area contributed by atoms with Crippen molar-refractivity contribution in [2.45, 2.75) is 36.9 Å². The molecule has 2 unspecified atom stereocenters. The molecular weight excluding hydrogens is 469 g/mol. The van der Waals surface area contributed by atoms with E-state index in [1.165, 1.54) is 0 Å². The van der Waals surface area contributed by atoms with Gasteiger partial charge < -0.3 is 47.4 Å². The molecule has 0 amide bonds. The van der Waals surface area contributed by atoms with Crippen LogP contribution in [0.3, 0.4) is 0 Å². The van der Waals surface area contributed by atoms with E-state index in [2.05, 4.69) is 38.4 Å². The fourth-order valence-corrected chi connectivity index (χ4v) is 4.66. The highest BCUT2D eigenvalue weighted by molar-refractivity contribution is 5.18. The van der Waals surface area contributed by atoms with Crippen LogP contribution < -0.4 is 24.0 Å². The third-order valence-corrected chi connectivity index (χ3v) is 6.33. The lowest BCUT2D eigenvalue weighted by Crippen LogP contribution is -3.00. The summed E-state index contributed by atoms with van der Waals surface area (Å²) >= 11 is 0. The first kappa shape index (κ1) is 20.3. The molecule has 0 spiro atoms. The van der Waals surface area contributed by atoms with Crippen molar-refractivity contribution < 1.29 is 47.4 Å². The van der Waals surface area contributed by atoms with Crippen LogP contribution in [0.25, 0.3) is 0 Å². The van der Waals surface area contributed by atoms with Crippen LogP contribution in [0, 0.1) is 0 Å². The maximum absolute atomic E-state index is 6.47. The van der Waals surface area contributed by atoms with Crippen LogP contribution in [0.4, 0.5) is 0 Å². The average molecular weight is 495 g/mol. The first-order valence-corrected chi connectivity index (χ1v) is 9.62. The number of likely N-dealkylation sites (tertiary alicyclic amines) is 1. The molecule has 0 bridgehead atoms. The zero-order valence-corrected chi connectivity index (χ0v) is 18.3. The van der Waals surface area contributed by atoms with Crippen molar-refractivity contribution in [3.8, 4) is 0 Å². The number of quaternary nitrogens is 1. The molecule has 0 radical (unpaired) electrons. The van der Waals surface area contributed by atoms with Crippen LogP contribution in [0.1, 0.15) is 23.7 Å². The molecule has 3 saturated heterocycles. The van der Waals surface area contributed by atoms with Crippen LogP contribution in [0.2, 0.25) is 0 Å². The van der Waals surface area contributed by atoms with Crippen LogP contribution in [0.5, 0.6) is 0 Å². The van der Waals surface area contributed by atoms with Gasteiger partial charge in [-0.15, -0.1) is 0 Å². The Balaban J connectivity index is 0.00000192. The molecule has 2 aromatic carbocycles. The maximum atomic E-state index is 6.47. The topological polar surface area (TPSA) is 36.9 Å². The Labute approximate surface area is 183 Å². The van der Waals surface area contributed by atoms with Crippen molar-refractivity contribution in [1.82, 2.24) is 0 Å². The first-order valence-electron chi connectivity index (χ1n) is 9.62. The van der Waals surface area contributed by atoms with Crippen molar-refractivity contribution in [2.75, 3.05) is 27.3 Å². The van der Waals surface area contributed by atoms with Gasteiger partial charge in [-0.25, -0.2) is 0 Å². The lowest BCUT2D eigenvalue weighted by Gasteiger charge is -2.41. The molecule has 0 aromatic heterocycles. The fourth-order valence-electron chi connectivity index (χ4n) is 4.66. The molecular formula is C22H26INO4. The minimum absolute atomic E-state index is 0. The summed E-state index contributed by atoms with van der Waals surface area (Å²) in [6.07, 6.45) is -0.709. The summed E-state index contributed by atoms with van der Waals surface area (Å²) in [6, 6.07) is 20.7. The Morgan fingerprint density at radius 2 is 1.07 bits per heavy atom. The molecule has 0 saturated carbocycles. The largest absolute Gasteiger partial charge is 1.00 e. The van der Waals surface area contributed by atoms with Crippen molar-refractivity contribution >= 4 is 0 Å². The highest BCUT2D eigenvalue weighted by Crippen LogP contribution is 2.44. The number of rotatable bonds is 2. The second-order valence-corrected chi connectivity index (χ2v) is 8.12. The van der Waals surface area contributed by atoms with Crippen LogP contribution in [0.15, 0.2) is 60.7 Å². The van der Waals surface area contributed by atoms with Gasteiger partial charge in [0.25, 0.3) is 0 Å². The zero-order chi connectivity index (χ0) is 18.4. The molecule has 3 aliphatic heterocycles. The minimum atomic E-state index is -0.340. The van der Waals surface area contributed by atoms with E-state index in [0.717, 1.165) is 15.6 Å². The lowest BCUT2D eigenvalue weighted by atomic mass is 10.0. The minimum Gasteiger partial charge on any atom is -1.00 e. The van der Waals surface area contributed by atoms with Gasteiger partial charge in [0.15, 0.2) is 12.6 Å². The van der Waals surface area contributed by atoms with Gasteiger partial charge in [-0.3, -0.25) is 0 Å². The summed E-state index contributed by atoms with van der Waals surface area (Å²) in [5.74, 6) is 0. The van der Waals surface area contributed by atoms with E-state index in [1.807, 2.05) is 36.4 Å². The number of likely N-dealkylation sites (N-methyl/N-ethyl adjacent to an activating group) is 1. The second kappa shape index (κ2) is 8.01. The summed E-state index contributed by atoms with van der Waals surface area (Å²) in [5.41, 5.74) is 2.10. The summed E-state index contributed by atoms with van der Waals surface area (Å²) in [6.45, 7) is 1.31. The molecule has 28 heavy (non-hydrogen) atoms. The summed E-state index contributed by atoms with van der Waals surface area (Å²) in [5, 5.41) is 0. The Morgan fingerprint density at radius 3 is 1.46 bits per heavy atom. The molecule has 5 rings (SSSR count). The van der Waals surface area contributed by atoms with Gasteiger partial charge in [0.2, 0.25) is 0 Å². The van der Waals surface area contributed by atoms with E-state index in [4.69, 9.17) is 18.9 Å². The van der Waals surface area contributed by atoms with Gasteiger partial charge in [0.1, 0.15) is 37.5 Å². The quantitative estimate of drug-likeness (QED) is 0.436. The molecule has 0 N–H and O–H groups in total. The molecule has 6 heteroatoms. The van der Waals surface area contributed by atoms with E-state index in [0.29, 0.717) is 13.2 Å². The molecule has 0 aliphatic carbocycles. The number of benzene rings is 2. The normalized spacial score (nSPS) is 36.1. The SMILES string of the molecule is C[N+]1(C)[C@H]2COC(c3ccccc3)O[C@H]2[C@@H]2OC(c3ccccc3)OC[C@@H]21.[I-]. The standard InChI is InChI=1S/C22H26NO4.HI/c1-23(2)17-13-24-21(15-9-5-3-6-10-15)26-19(17)20-18(23)14-25-22(27-20)16-11-7-4-8-12-16;/h3-12,17-22H,13-14H2,1-2H3;1H/q+1;/p-1/t17-,18-,19+,20+,21?,22?;/m0./s1. The number of nitrogens with zero attached hydrogens (tertiary/aromatic N) is 1. The average Bonchev–Trinajstić information content (AvgIpc) is 2.96. The van der Waals surface area contributed by atoms with E-state index >= 15 is 0 Å². The molecule has 3 fully saturated rings. The van der Waals surface area contributed by atoms with Gasteiger partial charge in [-0.2, -0.15) is 0 Å². The van der Waals surface area contributed by atoms with Crippen LogP contribution in [-0.2, 0) is 18.9 Å². The second-order valence-electron chi connectivity index (χ2n) is 8.12. The maximum Gasteiger partial charge on any atom is 0.184 e. The molecule has 6 atom stereocenters. The summed E-state index contributed by atoms with van der Waals surface area (Å²) in [4.78, 5) is 0. The third-order valence-electron chi connectivity index (χ3n) is 6.33. The van der Waals surface area contributed by atoms with Gasteiger partial charge in [0, 0.05) is 11.1 Å². The Hall–Kier alpha value is -1.03. The van der Waals surface area contributed by atoms with E-state index in [9.17, 15) is 0 Å². The number of fused-ring (bicyclic) bond motifs is 3. The zero-order valence-electron chi connectivity index (χ0n) is 16.1. The highest BCUT2D eigenvalue weighted by atomic mass is 127.